The van der Waals surface area contributed by atoms with Gasteiger partial charge in [0.2, 0.25) is 5.91 Å². The molecule has 3 heteroatoms. The average molecular weight is 238 g/mol. The molecule has 0 bridgehead atoms. The number of aliphatic imine (C=N–C) groups is 1. The van der Waals surface area contributed by atoms with E-state index in [0.29, 0.717) is 0 Å². The van der Waals surface area contributed by atoms with Crippen molar-refractivity contribution in [3.8, 4) is 0 Å². The molecular formula is C15H14N2O. The molecule has 0 saturated carbocycles. The smallest absolute Gasteiger partial charge is 0.246 e. The van der Waals surface area contributed by atoms with Gasteiger partial charge >= 0.3 is 0 Å². The Morgan fingerprint density at radius 3 is 2.11 bits per heavy atom. The molecule has 0 aliphatic carbocycles. The largest absolute Gasteiger partial charge is 0.368 e. The van der Waals surface area contributed by atoms with Gasteiger partial charge in [-0.3, -0.25) is 9.79 Å². The molecule has 90 valence electrons. The number of hydrogen-bond acceptors (Lipinski definition) is 2. The third kappa shape index (κ3) is 3.04. The summed E-state index contributed by atoms with van der Waals surface area (Å²) < 4.78 is 0. The predicted octanol–water partition coefficient (Wildman–Crippen LogP) is 2.33. The van der Waals surface area contributed by atoms with Crippen LogP contribution >= 0.6 is 0 Å². The van der Waals surface area contributed by atoms with Crippen molar-refractivity contribution in [2.24, 2.45) is 10.7 Å². The Kier molecular flexibility index (Phi) is 3.86. The molecular weight excluding hydrogens is 224 g/mol. The summed E-state index contributed by atoms with van der Waals surface area (Å²) in [4.78, 5) is 15.7. The summed E-state index contributed by atoms with van der Waals surface area (Å²) >= 11 is 0. The van der Waals surface area contributed by atoms with Crippen LogP contribution in [0.2, 0.25) is 0 Å². The Hall–Kier alpha value is -2.42. The van der Waals surface area contributed by atoms with E-state index in [9.17, 15) is 4.79 Å². The standard InChI is InChI=1S/C15H14N2O/c16-15(18)14(13-9-5-2-6-10-13)17-11-12-7-3-1-4-8-12/h1-11,14H,(H2,16,18)/b17-11-. The number of carbonyl (C=O) groups excluding carboxylic acids is 1. The molecule has 2 aromatic carbocycles. The van der Waals surface area contributed by atoms with Crippen LogP contribution in [-0.4, -0.2) is 12.1 Å². The first-order chi connectivity index (χ1) is 8.77. The van der Waals surface area contributed by atoms with Crippen molar-refractivity contribution in [2.75, 3.05) is 0 Å². The zero-order valence-electron chi connectivity index (χ0n) is 9.86. The molecule has 1 amide bonds. The second-order valence-electron chi connectivity index (χ2n) is 3.90. The third-order valence-electron chi connectivity index (χ3n) is 2.56. The number of amides is 1. The normalized spacial score (nSPS) is 12.4. The molecule has 0 aliphatic heterocycles. The van der Waals surface area contributed by atoms with Crippen molar-refractivity contribution >= 4 is 12.1 Å². The number of benzene rings is 2. The van der Waals surface area contributed by atoms with E-state index in [2.05, 4.69) is 4.99 Å². The van der Waals surface area contributed by atoms with Crippen molar-refractivity contribution in [3.63, 3.8) is 0 Å². The van der Waals surface area contributed by atoms with E-state index < -0.39 is 11.9 Å². The molecule has 0 heterocycles. The van der Waals surface area contributed by atoms with Crippen molar-refractivity contribution in [1.29, 1.82) is 0 Å². The van der Waals surface area contributed by atoms with Crippen molar-refractivity contribution < 1.29 is 4.79 Å². The van der Waals surface area contributed by atoms with E-state index in [0.717, 1.165) is 11.1 Å². The Balaban J connectivity index is 2.23. The Bertz CT molecular complexity index is 535. The molecule has 0 spiro atoms. The van der Waals surface area contributed by atoms with Gasteiger partial charge < -0.3 is 5.73 Å². The first-order valence-corrected chi connectivity index (χ1v) is 5.70. The molecule has 1 atom stereocenters. The van der Waals surface area contributed by atoms with Crippen molar-refractivity contribution in [3.05, 3.63) is 71.8 Å². The highest BCUT2D eigenvalue weighted by Gasteiger charge is 2.14. The lowest BCUT2D eigenvalue weighted by Crippen LogP contribution is -2.20. The number of rotatable bonds is 4. The zero-order chi connectivity index (χ0) is 12.8. The molecule has 18 heavy (non-hydrogen) atoms. The van der Waals surface area contributed by atoms with Gasteiger partial charge in [-0.2, -0.15) is 0 Å². The summed E-state index contributed by atoms with van der Waals surface area (Å²) in [5.74, 6) is -0.451. The minimum Gasteiger partial charge on any atom is -0.368 e. The fraction of sp³-hybridized carbons (Fsp3) is 0.0667. The second-order valence-corrected chi connectivity index (χ2v) is 3.90. The molecule has 2 aromatic rings. The number of primary amides is 1. The van der Waals surface area contributed by atoms with Crippen LogP contribution in [0.4, 0.5) is 0 Å². The highest BCUT2D eigenvalue weighted by atomic mass is 16.1. The molecule has 2 rings (SSSR count). The van der Waals surface area contributed by atoms with E-state index in [1.165, 1.54) is 0 Å². The second kappa shape index (κ2) is 5.77. The van der Waals surface area contributed by atoms with Crippen molar-refractivity contribution in [1.82, 2.24) is 0 Å². The highest BCUT2D eigenvalue weighted by Crippen LogP contribution is 2.16. The summed E-state index contributed by atoms with van der Waals surface area (Å²) in [6, 6.07) is 18.3. The lowest BCUT2D eigenvalue weighted by molar-refractivity contribution is -0.119. The minimum atomic E-state index is -0.633. The molecule has 0 aromatic heterocycles. The summed E-state index contributed by atoms with van der Waals surface area (Å²) in [6.45, 7) is 0. The van der Waals surface area contributed by atoms with Crippen LogP contribution in [0.1, 0.15) is 17.2 Å². The Morgan fingerprint density at radius 1 is 1.00 bits per heavy atom. The molecule has 0 aliphatic rings. The average Bonchev–Trinajstić information content (AvgIpc) is 2.41. The number of nitrogens with two attached hydrogens (primary N) is 1. The van der Waals surface area contributed by atoms with Gasteiger partial charge in [-0.1, -0.05) is 60.7 Å². The summed E-state index contributed by atoms with van der Waals surface area (Å²) in [6.07, 6.45) is 1.67. The van der Waals surface area contributed by atoms with Gasteiger partial charge in [-0.15, -0.1) is 0 Å². The summed E-state index contributed by atoms with van der Waals surface area (Å²) in [7, 11) is 0. The monoisotopic (exact) mass is 238 g/mol. The molecule has 2 N–H and O–H groups in total. The van der Waals surface area contributed by atoms with Gasteiger partial charge in [0.05, 0.1) is 0 Å². The molecule has 0 fully saturated rings. The third-order valence-corrected chi connectivity index (χ3v) is 2.56. The van der Waals surface area contributed by atoms with Gasteiger partial charge in [0.15, 0.2) is 6.04 Å². The van der Waals surface area contributed by atoms with E-state index in [1.54, 1.807) is 6.21 Å². The lowest BCUT2D eigenvalue weighted by atomic mass is 10.1. The summed E-state index contributed by atoms with van der Waals surface area (Å²) in [5, 5.41) is 0. The van der Waals surface area contributed by atoms with Crippen LogP contribution in [0.3, 0.4) is 0 Å². The van der Waals surface area contributed by atoms with E-state index >= 15 is 0 Å². The molecule has 0 radical (unpaired) electrons. The van der Waals surface area contributed by atoms with E-state index in [4.69, 9.17) is 5.73 Å². The maximum Gasteiger partial charge on any atom is 0.246 e. The number of carbonyl (C=O) groups is 1. The maximum atomic E-state index is 11.4. The Morgan fingerprint density at radius 2 is 1.56 bits per heavy atom. The molecule has 1 unspecified atom stereocenters. The number of hydrogen-bond donors (Lipinski definition) is 1. The maximum absolute atomic E-state index is 11.4. The van der Waals surface area contributed by atoms with Crippen LogP contribution in [0.5, 0.6) is 0 Å². The first kappa shape index (κ1) is 12.0. The number of nitrogens with zero attached hydrogens (tertiary/aromatic N) is 1. The summed E-state index contributed by atoms with van der Waals surface area (Å²) in [5.41, 5.74) is 7.13. The molecule has 3 nitrogen and oxygen atoms in total. The van der Waals surface area contributed by atoms with Gasteiger partial charge in [-0.25, -0.2) is 0 Å². The minimum absolute atomic E-state index is 0.451. The highest BCUT2D eigenvalue weighted by molar-refractivity contribution is 5.86. The van der Waals surface area contributed by atoms with Gasteiger partial charge in [0.25, 0.3) is 0 Å². The SMILES string of the molecule is NC(=O)C(/N=C\c1ccccc1)c1ccccc1. The van der Waals surface area contributed by atoms with Crippen LogP contribution < -0.4 is 5.73 Å². The predicted molar refractivity (Wildman–Crippen MR) is 72.4 cm³/mol. The lowest BCUT2D eigenvalue weighted by Gasteiger charge is -2.08. The molecule has 0 saturated heterocycles. The Labute approximate surface area is 106 Å². The zero-order valence-corrected chi connectivity index (χ0v) is 9.86. The van der Waals surface area contributed by atoms with Gasteiger partial charge in [0, 0.05) is 6.21 Å². The fourth-order valence-electron chi connectivity index (χ4n) is 1.66. The van der Waals surface area contributed by atoms with Crippen molar-refractivity contribution in [2.45, 2.75) is 6.04 Å². The first-order valence-electron chi connectivity index (χ1n) is 5.70. The van der Waals surface area contributed by atoms with Gasteiger partial charge in [0.1, 0.15) is 0 Å². The topological polar surface area (TPSA) is 55.5 Å². The van der Waals surface area contributed by atoms with E-state index in [1.807, 2.05) is 60.7 Å². The van der Waals surface area contributed by atoms with Crippen LogP contribution in [0, 0.1) is 0 Å². The van der Waals surface area contributed by atoms with Crippen LogP contribution in [0.15, 0.2) is 65.7 Å². The fourth-order valence-corrected chi connectivity index (χ4v) is 1.66. The van der Waals surface area contributed by atoms with Crippen LogP contribution in [0.25, 0.3) is 0 Å². The van der Waals surface area contributed by atoms with Gasteiger partial charge in [-0.05, 0) is 11.1 Å². The van der Waals surface area contributed by atoms with E-state index in [-0.39, 0.29) is 0 Å². The van der Waals surface area contributed by atoms with Crippen LogP contribution in [-0.2, 0) is 4.79 Å². The quantitative estimate of drug-likeness (QED) is 0.816.